The zero-order chi connectivity index (χ0) is 48.0. The SMILES string of the molecule is CCCCCCOCC(COCCCCCC)OC(=O)CCCCCCN(CCCCCCC(=O)OC(COCCCCCC)COCCCCCC)CC(CN1CCN(C)CC1)OCC. The quantitative estimate of drug-likeness (QED) is 0.0428. The van der Waals surface area contributed by atoms with E-state index >= 15 is 0 Å². The van der Waals surface area contributed by atoms with Gasteiger partial charge in [-0.2, -0.15) is 0 Å². The Labute approximate surface area is 406 Å². The normalized spacial score (nSPS) is 14.3. The molecule has 1 heterocycles. The minimum atomic E-state index is -0.349. The van der Waals surface area contributed by atoms with Crippen LogP contribution in [0.15, 0.2) is 0 Å². The number of carbonyl (C=O) groups is 2. The lowest BCUT2D eigenvalue weighted by molar-refractivity contribution is -0.157. The Hall–Kier alpha value is -1.38. The van der Waals surface area contributed by atoms with E-state index in [0.717, 1.165) is 129 Å². The Balaban J connectivity index is 2.61. The Morgan fingerprint density at radius 1 is 0.455 bits per heavy atom. The van der Waals surface area contributed by atoms with Crippen molar-refractivity contribution in [2.45, 2.75) is 220 Å². The summed E-state index contributed by atoms with van der Waals surface area (Å²) in [7, 11) is 2.20. The van der Waals surface area contributed by atoms with Crippen LogP contribution in [-0.4, -0.2) is 164 Å². The molecule has 0 aromatic carbocycles. The maximum absolute atomic E-state index is 12.9. The predicted molar refractivity (Wildman–Crippen MR) is 272 cm³/mol. The minimum absolute atomic E-state index is 0.147. The topological polar surface area (TPSA) is 108 Å². The highest BCUT2D eigenvalue weighted by molar-refractivity contribution is 5.69. The Morgan fingerprint density at radius 2 is 0.818 bits per heavy atom. The number of likely N-dealkylation sites (N-methyl/N-ethyl adjacent to an activating group) is 1. The van der Waals surface area contributed by atoms with Crippen LogP contribution in [0.1, 0.15) is 202 Å². The van der Waals surface area contributed by atoms with Gasteiger partial charge in [0.2, 0.25) is 0 Å². The van der Waals surface area contributed by atoms with E-state index < -0.39 is 0 Å². The number of nitrogens with zero attached hydrogens (tertiary/aromatic N) is 3. The molecule has 0 saturated carbocycles. The third kappa shape index (κ3) is 39.5. The van der Waals surface area contributed by atoms with E-state index in [0.29, 0.717) is 72.3 Å². The molecule has 66 heavy (non-hydrogen) atoms. The summed E-state index contributed by atoms with van der Waals surface area (Å²) in [6, 6.07) is 0. The Kier molecular flexibility index (Phi) is 44.9. The summed E-state index contributed by atoms with van der Waals surface area (Å²) in [5, 5.41) is 0. The molecule has 392 valence electrons. The molecule has 0 aliphatic carbocycles. The summed E-state index contributed by atoms with van der Waals surface area (Å²) in [5.41, 5.74) is 0. The molecule has 1 unspecified atom stereocenters. The summed E-state index contributed by atoms with van der Waals surface area (Å²) < 4.78 is 41.8. The average Bonchev–Trinajstić information content (AvgIpc) is 3.30. The van der Waals surface area contributed by atoms with Gasteiger partial charge in [0.1, 0.15) is 12.2 Å². The van der Waals surface area contributed by atoms with Gasteiger partial charge in [0, 0.05) is 85.1 Å². The van der Waals surface area contributed by atoms with Gasteiger partial charge in [-0.15, -0.1) is 0 Å². The first-order valence-corrected chi connectivity index (χ1v) is 27.8. The monoisotopic (exact) mass is 942 g/mol. The molecule has 1 aliphatic heterocycles. The van der Waals surface area contributed by atoms with Crippen LogP contribution in [0.4, 0.5) is 0 Å². The third-order valence-electron chi connectivity index (χ3n) is 12.5. The smallest absolute Gasteiger partial charge is 0.306 e. The highest BCUT2D eigenvalue weighted by Crippen LogP contribution is 2.14. The van der Waals surface area contributed by atoms with Gasteiger partial charge in [-0.05, 0) is 78.4 Å². The van der Waals surface area contributed by atoms with Crippen molar-refractivity contribution in [1.82, 2.24) is 14.7 Å². The van der Waals surface area contributed by atoms with Crippen molar-refractivity contribution in [3.63, 3.8) is 0 Å². The first kappa shape index (κ1) is 62.6. The van der Waals surface area contributed by atoms with Crippen LogP contribution in [-0.2, 0) is 42.7 Å². The molecular weight excluding hydrogens is 835 g/mol. The molecule has 12 heteroatoms. The molecule has 1 saturated heterocycles. The molecule has 0 aromatic heterocycles. The number of unbranched alkanes of at least 4 members (excludes halogenated alkanes) is 18. The van der Waals surface area contributed by atoms with Crippen molar-refractivity contribution in [3.05, 3.63) is 0 Å². The number of hydrogen-bond acceptors (Lipinski definition) is 12. The van der Waals surface area contributed by atoms with Gasteiger partial charge in [-0.1, -0.05) is 130 Å². The fraction of sp³-hybridized carbons (Fsp3) is 0.963. The molecule has 12 nitrogen and oxygen atoms in total. The molecule has 0 N–H and O–H groups in total. The molecule has 0 amide bonds. The van der Waals surface area contributed by atoms with Gasteiger partial charge in [-0.25, -0.2) is 0 Å². The van der Waals surface area contributed by atoms with Crippen molar-refractivity contribution < 1.29 is 42.7 Å². The molecule has 1 aliphatic rings. The summed E-state index contributed by atoms with van der Waals surface area (Å²) in [6.07, 6.45) is 26.8. The predicted octanol–water partition coefficient (Wildman–Crippen LogP) is 11.1. The van der Waals surface area contributed by atoms with Crippen LogP contribution in [0.5, 0.6) is 0 Å². The number of carbonyl (C=O) groups excluding carboxylic acids is 2. The lowest BCUT2D eigenvalue weighted by Crippen LogP contribution is -2.49. The van der Waals surface area contributed by atoms with Crippen molar-refractivity contribution in [1.29, 1.82) is 0 Å². The summed E-state index contributed by atoms with van der Waals surface area (Å²) >= 11 is 0. The van der Waals surface area contributed by atoms with E-state index in [1.807, 2.05) is 0 Å². The largest absolute Gasteiger partial charge is 0.457 e. The zero-order valence-corrected chi connectivity index (χ0v) is 44.2. The standard InChI is InChI=1S/C54H107N3O9/c1-7-12-16-28-40-60-46-51(47-61-41-29-17-13-8-2)65-53(58)32-24-20-22-26-34-56(44-50(64-11-5)45-57-38-36-55(6)37-39-57)35-27-23-21-25-33-54(59)66-52(48-62-42-30-18-14-9-3)49-63-43-31-19-15-10-4/h50-52H,7-49H2,1-6H3. The molecule has 0 radical (unpaired) electrons. The number of piperazine rings is 1. The first-order valence-electron chi connectivity index (χ1n) is 27.8. The highest BCUT2D eigenvalue weighted by atomic mass is 16.6. The van der Waals surface area contributed by atoms with Gasteiger partial charge in [0.25, 0.3) is 0 Å². The van der Waals surface area contributed by atoms with Gasteiger partial charge < -0.3 is 43.0 Å². The maximum atomic E-state index is 12.9. The van der Waals surface area contributed by atoms with Crippen LogP contribution >= 0.6 is 0 Å². The van der Waals surface area contributed by atoms with Crippen LogP contribution in [0.25, 0.3) is 0 Å². The van der Waals surface area contributed by atoms with Crippen molar-refractivity contribution in [3.8, 4) is 0 Å². The molecule has 0 bridgehead atoms. The second-order valence-corrected chi connectivity index (χ2v) is 19.1. The number of ether oxygens (including phenoxy) is 7. The van der Waals surface area contributed by atoms with E-state index in [2.05, 4.69) is 56.4 Å². The van der Waals surface area contributed by atoms with Crippen LogP contribution in [0.2, 0.25) is 0 Å². The molecule has 1 fully saturated rings. The molecule has 0 aromatic rings. The molecule has 1 rings (SSSR count). The molecular formula is C54H107N3O9. The van der Waals surface area contributed by atoms with E-state index in [4.69, 9.17) is 33.2 Å². The number of esters is 2. The van der Waals surface area contributed by atoms with E-state index in [9.17, 15) is 9.59 Å². The Bertz CT molecular complexity index is 956. The lowest BCUT2D eigenvalue weighted by Gasteiger charge is -2.36. The first-order chi connectivity index (χ1) is 32.3. The average molecular weight is 942 g/mol. The van der Waals surface area contributed by atoms with E-state index in [1.54, 1.807) is 0 Å². The van der Waals surface area contributed by atoms with Gasteiger partial charge in [0.05, 0.1) is 32.5 Å². The maximum Gasteiger partial charge on any atom is 0.306 e. The van der Waals surface area contributed by atoms with Gasteiger partial charge in [0.15, 0.2) is 0 Å². The van der Waals surface area contributed by atoms with Gasteiger partial charge >= 0.3 is 11.9 Å². The highest BCUT2D eigenvalue weighted by Gasteiger charge is 2.22. The molecule has 1 atom stereocenters. The van der Waals surface area contributed by atoms with Crippen molar-refractivity contribution >= 4 is 11.9 Å². The zero-order valence-electron chi connectivity index (χ0n) is 44.2. The van der Waals surface area contributed by atoms with E-state index in [-0.39, 0.29) is 30.3 Å². The lowest BCUT2D eigenvalue weighted by atomic mass is 10.1. The van der Waals surface area contributed by atoms with Crippen molar-refractivity contribution in [2.75, 3.05) is 119 Å². The minimum Gasteiger partial charge on any atom is -0.457 e. The van der Waals surface area contributed by atoms with Gasteiger partial charge in [-0.3, -0.25) is 14.5 Å². The molecule has 0 spiro atoms. The second kappa shape index (κ2) is 47.3. The summed E-state index contributed by atoms with van der Waals surface area (Å²) in [4.78, 5) is 33.4. The Morgan fingerprint density at radius 3 is 1.18 bits per heavy atom. The summed E-state index contributed by atoms with van der Waals surface area (Å²) in [5.74, 6) is -0.293. The van der Waals surface area contributed by atoms with Crippen molar-refractivity contribution in [2.24, 2.45) is 0 Å². The van der Waals surface area contributed by atoms with E-state index in [1.165, 1.54) is 77.0 Å². The second-order valence-electron chi connectivity index (χ2n) is 19.1. The fourth-order valence-electron chi connectivity index (χ4n) is 8.32. The third-order valence-corrected chi connectivity index (χ3v) is 12.5. The number of rotatable bonds is 50. The number of hydrogen-bond donors (Lipinski definition) is 0. The van der Waals surface area contributed by atoms with Crippen LogP contribution in [0, 0.1) is 0 Å². The fourth-order valence-corrected chi connectivity index (χ4v) is 8.32. The summed E-state index contributed by atoms with van der Waals surface area (Å²) in [6.45, 7) is 24.4. The van der Waals surface area contributed by atoms with Crippen LogP contribution < -0.4 is 0 Å². The van der Waals surface area contributed by atoms with Crippen LogP contribution in [0.3, 0.4) is 0 Å².